The highest BCUT2D eigenvalue weighted by Crippen LogP contribution is 2.38. The summed E-state index contributed by atoms with van der Waals surface area (Å²) in [6.45, 7) is 4.43. The molecule has 5 aromatic rings. The quantitative estimate of drug-likeness (QED) is 0.0928. The number of hydrogen-bond acceptors (Lipinski definition) is 10. The van der Waals surface area contributed by atoms with Gasteiger partial charge in [-0.25, -0.2) is 16.8 Å². The maximum absolute atomic E-state index is 14.2. The van der Waals surface area contributed by atoms with Crippen molar-refractivity contribution in [2.24, 2.45) is 0 Å². The number of halogens is 5. The van der Waals surface area contributed by atoms with Gasteiger partial charge in [0.15, 0.2) is 0 Å². The minimum absolute atomic E-state index is 0.200. The molecule has 0 spiro atoms. The number of alkyl halides is 3. The molecule has 7 rings (SSSR count). The Labute approximate surface area is 382 Å². The number of nitrogens with zero attached hydrogens (tertiary/aromatic N) is 4. The highest BCUT2D eigenvalue weighted by atomic mass is 35.5. The Morgan fingerprint density at radius 1 is 0.873 bits per heavy atom. The lowest BCUT2D eigenvalue weighted by molar-refractivity contribution is -0.0435. The Balaban J connectivity index is 1.04. The van der Waals surface area contributed by atoms with Crippen molar-refractivity contribution in [1.29, 1.82) is 0 Å². The summed E-state index contributed by atoms with van der Waals surface area (Å²) >= 11 is 13.7. The average molecular weight is 962 g/mol. The zero-order chi connectivity index (χ0) is 44.9. The first kappa shape index (κ1) is 47.1. The van der Waals surface area contributed by atoms with Crippen LogP contribution in [0.4, 0.5) is 24.5 Å². The van der Waals surface area contributed by atoms with E-state index in [1.807, 2.05) is 55.4 Å². The van der Waals surface area contributed by atoms with Crippen LogP contribution in [0.25, 0.3) is 11.1 Å². The Hall–Kier alpha value is -3.87. The Kier molecular flexibility index (Phi) is 15.0. The van der Waals surface area contributed by atoms with Gasteiger partial charge in [0, 0.05) is 58.6 Å². The molecule has 0 aliphatic carbocycles. The van der Waals surface area contributed by atoms with Gasteiger partial charge in [-0.05, 0) is 136 Å². The van der Waals surface area contributed by atoms with Crippen LogP contribution in [0.5, 0.6) is 0 Å². The van der Waals surface area contributed by atoms with Crippen molar-refractivity contribution in [2.45, 2.75) is 71.1 Å². The monoisotopic (exact) mass is 960 g/mol. The third-order valence-corrected chi connectivity index (χ3v) is 16.0. The van der Waals surface area contributed by atoms with Gasteiger partial charge in [0.1, 0.15) is 4.90 Å². The summed E-state index contributed by atoms with van der Waals surface area (Å²) in [5.74, 6) is 0.352. The summed E-state index contributed by atoms with van der Waals surface area (Å²) in [6.07, 6.45) is 5.98. The van der Waals surface area contributed by atoms with E-state index in [1.165, 1.54) is 29.1 Å². The highest BCUT2D eigenvalue weighted by Gasteiger charge is 2.48. The molecular weight excluding hydrogens is 913 g/mol. The smallest absolute Gasteiger partial charge is 0.380 e. The number of sulfonamides is 1. The van der Waals surface area contributed by atoms with E-state index < -0.39 is 41.2 Å². The molecule has 1 fully saturated rings. The van der Waals surface area contributed by atoms with Crippen LogP contribution in [-0.2, 0) is 39.4 Å². The number of nitrogens with one attached hydrogen (secondary N) is 2. The third-order valence-electron chi connectivity index (χ3n) is 11.4. The van der Waals surface area contributed by atoms with Crippen LogP contribution in [-0.4, -0.2) is 100 Å². The number of anilines is 2. The number of benzene rings is 4. The molecule has 336 valence electrons. The lowest BCUT2D eigenvalue weighted by Crippen LogP contribution is -2.46. The first-order chi connectivity index (χ1) is 30.0. The fourth-order valence-corrected chi connectivity index (χ4v) is 11.6. The van der Waals surface area contributed by atoms with Crippen molar-refractivity contribution in [1.82, 2.24) is 19.7 Å². The summed E-state index contributed by atoms with van der Waals surface area (Å²) in [4.78, 5) is 10.1. The predicted octanol–water partition coefficient (Wildman–Crippen LogP) is 9.70. The summed E-state index contributed by atoms with van der Waals surface area (Å²) in [5.41, 5.74) is -0.700. The van der Waals surface area contributed by atoms with E-state index in [0.29, 0.717) is 60.4 Å². The number of sulfone groups is 1. The first-order valence-corrected chi connectivity index (χ1v) is 25.2. The molecule has 63 heavy (non-hydrogen) atoms. The third kappa shape index (κ3) is 11.7. The van der Waals surface area contributed by atoms with Gasteiger partial charge in [-0.1, -0.05) is 65.7 Å². The largest absolute Gasteiger partial charge is 0.501 e. The summed E-state index contributed by atoms with van der Waals surface area (Å²) in [6, 6.07) is 26.0. The molecule has 18 heteroatoms. The summed E-state index contributed by atoms with van der Waals surface area (Å²) < 4.78 is 99.1. The van der Waals surface area contributed by atoms with Crippen LogP contribution in [0.15, 0.2) is 118 Å². The van der Waals surface area contributed by atoms with E-state index in [-0.39, 0.29) is 11.4 Å². The number of aromatic nitrogens is 1. The van der Waals surface area contributed by atoms with Crippen LogP contribution in [0.1, 0.15) is 36.0 Å². The molecule has 3 heterocycles. The molecular formula is C45H49Cl2F3N6O4S3. The van der Waals surface area contributed by atoms with E-state index in [1.54, 1.807) is 24.4 Å². The minimum Gasteiger partial charge on any atom is -0.380 e. The molecule has 4 aromatic carbocycles. The molecule has 1 atom stereocenters. The predicted molar refractivity (Wildman–Crippen MR) is 247 cm³/mol. The Bertz CT molecular complexity index is 2610. The van der Waals surface area contributed by atoms with Crippen LogP contribution < -0.4 is 10.0 Å². The van der Waals surface area contributed by atoms with Gasteiger partial charge in [0.2, 0.25) is 0 Å². The van der Waals surface area contributed by atoms with E-state index in [2.05, 4.69) is 43.0 Å². The van der Waals surface area contributed by atoms with Gasteiger partial charge in [0.25, 0.3) is 19.9 Å². The van der Waals surface area contributed by atoms with E-state index in [0.717, 1.165) is 66.2 Å². The Morgan fingerprint density at radius 3 is 2.33 bits per heavy atom. The molecule has 0 bridgehead atoms. The topological polar surface area (TPSA) is 115 Å². The van der Waals surface area contributed by atoms with Gasteiger partial charge in [-0.15, -0.1) is 11.8 Å². The van der Waals surface area contributed by atoms with Gasteiger partial charge >= 0.3 is 5.51 Å². The molecule has 0 amide bonds. The number of pyridine rings is 1. The fraction of sp³-hybridized carbons (Fsp3) is 0.356. The van der Waals surface area contributed by atoms with Crippen molar-refractivity contribution in [3.63, 3.8) is 0 Å². The van der Waals surface area contributed by atoms with Crippen LogP contribution in [0.3, 0.4) is 0 Å². The van der Waals surface area contributed by atoms with E-state index in [9.17, 15) is 30.0 Å². The molecule has 0 radical (unpaired) electrons. The van der Waals surface area contributed by atoms with Gasteiger partial charge in [-0.3, -0.25) is 19.5 Å². The summed E-state index contributed by atoms with van der Waals surface area (Å²) in [7, 11) is -6.88. The van der Waals surface area contributed by atoms with E-state index in [4.69, 9.17) is 23.2 Å². The van der Waals surface area contributed by atoms with Gasteiger partial charge in [-0.2, -0.15) is 13.2 Å². The number of thioether (sulfide) groups is 1. The summed E-state index contributed by atoms with van der Waals surface area (Å²) in [5, 5.41) is 4.21. The van der Waals surface area contributed by atoms with Crippen LogP contribution in [0, 0.1) is 0 Å². The van der Waals surface area contributed by atoms with Gasteiger partial charge < -0.3 is 10.2 Å². The molecule has 2 N–H and O–H groups in total. The van der Waals surface area contributed by atoms with Crippen molar-refractivity contribution in [3.8, 4) is 11.1 Å². The SMILES string of the molecule is CN(C)CC[C@H](CSc1cccc(Cl)c1)Nc1ccc(S(=O)(=O)Nc2cncc3c2CCN(C2CCN(Cc4ccccc4-c4ccc(Cl)cc4)CC2)C3)cc1S(=O)(=O)C(F)(F)F. The number of piperidine rings is 1. The molecule has 10 nitrogen and oxygen atoms in total. The average Bonchev–Trinajstić information content (AvgIpc) is 3.25. The fourth-order valence-electron chi connectivity index (χ4n) is 8.09. The maximum atomic E-state index is 14.2. The number of fused-ring (bicyclic) bond motifs is 1. The standard InChI is InChI=1S/C45H49Cl2F3N6O4S3/c1-54(2)20-16-36(30-61-38-8-5-7-35(47)24-38)52-42-15-14-39(25-44(42)62(57,58)45(48,49)50)63(59,60)53-43-27-51-26-33-29-56(23-19-41(33)43)37-17-21-55(22-18-37)28-32-6-3-4-9-40(32)31-10-12-34(46)13-11-31/h3-15,24-27,36-37,52-53H,16-23,28-30H2,1-2H3/t36-/m1/s1. The lowest BCUT2D eigenvalue weighted by Gasteiger charge is -2.41. The van der Waals surface area contributed by atoms with Gasteiger partial charge in [0.05, 0.1) is 22.5 Å². The van der Waals surface area contributed by atoms with Crippen molar-refractivity contribution in [2.75, 3.05) is 56.1 Å². The number of rotatable bonds is 16. The van der Waals surface area contributed by atoms with Crippen molar-refractivity contribution >= 4 is 66.2 Å². The Morgan fingerprint density at radius 2 is 1.62 bits per heavy atom. The molecule has 1 saturated heterocycles. The second-order valence-corrected chi connectivity index (χ2v) is 21.7. The number of likely N-dealkylation sites (tertiary alicyclic amines) is 1. The second kappa shape index (κ2) is 20.1. The lowest BCUT2D eigenvalue weighted by atomic mass is 9.95. The highest BCUT2D eigenvalue weighted by molar-refractivity contribution is 7.99. The first-order valence-electron chi connectivity index (χ1n) is 20.5. The normalized spacial score (nSPS) is 16.2. The zero-order valence-electron chi connectivity index (χ0n) is 34.8. The molecule has 2 aliphatic heterocycles. The van der Waals surface area contributed by atoms with Crippen LogP contribution in [0.2, 0.25) is 10.0 Å². The molecule has 0 saturated carbocycles. The van der Waals surface area contributed by atoms with E-state index >= 15 is 0 Å². The molecule has 0 unspecified atom stereocenters. The number of hydrogen-bond donors (Lipinski definition) is 2. The van der Waals surface area contributed by atoms with Crippen molar-refractivity contribution in [3.05, 3.63) is 130 Å². The molecule has 1 aromatic heterocycles. The second-order valence-electron chi connectivity index (χ2n) is 16.1. The maximum Gasteiger partial charge on any atom is 0.501 e. The zero-order valence-corrected chi connectivity index (χ0v) is 38.7. The van der Waals surface area contributed by atoms with Crippen LogP contribution >= 0.6 is 35.0 Å². The minimum atomic E-state index is -5.99. The molecule has 2 aliphatic rings. The van der Waals surface area contributed by atoms with Crippen molar-refractivity contribution < 1.29 is 30.0 Å².